The molecule has 0 saturated carbocycles. The Morgan fingerprint density at radius 1 is 1.19 bits per heavy atom. The highest BCUT2D eigenvalue weighted by Crippen LogP contribution is 2.20. The molecule has 0 aliphatic heterocycles. The summed E-state index contributed by atoms with van der Waals surface area (Å²) in [5.74, 6) is -0.646. The summed E-state index contributed by atoms with van der Waals surface area (Å²) in [7, 11) is 0. The van der Waals surface area contributed by atoms with Gasteiger partial charge in [-0.2, -0.15) is 0 Å². The minimum absolute atomic E-state index is 0.211. The minimum atomic E-state index is -0.533. The monoisotopic (exact) mass is 230 g/mol. The maximum Gasteiger partial charge on any atom is 0.344 e. The van der Waals surface area contributed by atoms with E-state index in [1.54, 1.807) is 0 Å². The van der Waals surface area contributed by atoms with Crippen molar-refractivity contribution in [2.24, 2.45) is 5.92 Å². The van der Waals surface area contributed by atoms with Crippen molar-refractivity contribution in [3.05, 3.63) is 0 Å². The average molecular weight is 230 g/mol. The molecule has 0 rings (SSSR count). The molecule has 16 heavy (non-hydrogen) atoms. The van der Waals surface area contributed by atoms with E-state index in [1.165, 1.54) is 0 Å². The van der Waals surface area contributed by atoms with Gasteiger partial charge in [-0.25, -0.2) is 4.79 Å². The van der Waals surface area contributed by atoms with Crippen LogP contribution in [0.5, 0.6) is 0 Å². The first-order valence-corrected chi connectivity index (χ1v) is 5.67. The highest BCUT2D eigenvalue weighted by Gasteiger charge is 2.27. The van der Waals surface area contributed by atoms with Crippen molar-refractivity contribution < 1.29 is 19.1 Å². The van der Waals surface area contributed by atoms with E-state index in [9.17, 15) is 9.59 Å². The van der Waals surface area contributed by atoms with E-state index in [1.807, 2.05) is 34.6 Å². The zero-order valence-electron chi connectivity index (χ0n) is 10.8. The van der Waals surface area contributed by atoms with E-state index in [0.717, 1.165) is 0 Å². The molecule has 0 N–H and O–H groups in total. The first kappa shape index (κ1) is 14.9. The van der Waals surface area contributed by atoms with Crippen LogP contribution < -0.4 is 0 Å². The summed E-state index contributed by atoms with van der Waals surface area (Å²) in [6.07, 6.45) is 1.05. The number of hydrogen-bond acceptors (Lipinski definition) is 4. The summed E-state index contributed by atoms with van der Waals surface area (Å²) in [6.45, 7) is 9.19. The van der Waals surface area contributed by atoms with E-state index < -0.39 is 11.6 Å². The van der Waals surface area contributed by atoms with Gasteiger partial charge in [0.2, 0.25) is 0 Å². The van der Waals surface area contributed by atoms with Crippen molar-refractivity contribution in [2.45, 2.75) is 53.1 Å². The maximum absolute atomic E-state index is 11.4. The lowest BCUT2D eigenvalue weighted by Gasteiger charge is -2.28. The van der Waals surface area contributed by atoms with Gasteiger partial charge in [0.05, 0.1) is 0 Å². The number of hydrogen-bond donors (Lipinski definition) is 0. The van der Waals surface area contributed by atoms with Gasteiger partial charge in [-0.15, -0.1) is 0 Å². The molecule has 94 valence electrons. The fourth-order valence-corrected chi connectivity index (χ4v) is 0.856. The molecule has 0 unspecified atom stereocenters. The Balaban J connectivity index is 3.96. The second-order valence-corrected chi connectivity index (χ2v) is 4.64. The van der Waals surface area contributed by atoms with E-state index in [-0.39, 0.29) is 18.5 Å². The van der Waals surface area contributed by atoms with Crippen LogP contribution in [0.1, 0.15) is 47.5 Å². The summed E-state index contributed by atoms with van der Waals surface area (Å²) in [4.78, 5) is 22.4. The van der Waals surface area contributed by atoms with Gasteiger partial charge in [0.15, 0.2) is 6.61 Å². The van der Waals surface area contributed by atoms with Gasteiger partial charge in [-0.3, -0.25) is 4.79 Å². The molecule has 4 nitrogen and oxygen atoms in total. The number of ether oxygens (including phenoxy) is 2. The molecule has 0 saturated heterocycles. The fourth-order valence-electron chi connectivity index (χ4n) is 0.856. The molecule has 0 aliphatic rings. The predicted molar refractivity (Wildman–Crippen MR) is 60.9 cm³/mol. The van der Waals surface area contributed by atoms with Gasteiger partial charge in [0, 0.05) is 6.42 Å². The van der Waals surface area contributed by atoms with Crippen molar-refractivity contribution in [1.82, 2.24) is 0 Å². The number of esters is 2. The Labute approximate surface area is 97.3 Å². The molecule has 0 aromatic heterocycles. The Bertz CT molecular complexity index is 243. The summed E-state index contributed by atoms with van der Waals surface area (Å²) in [5, 5.41) is 0. The molecule has 0 fully saturated rings. The molecule has 0 aromatic rings. The molecular weight excluding hydrogens is 208 g/mol. The second-order valence-electron chi connectivity index (χ2n) is 4.64. The molecule has 0 amide bonds. The SMILES string of the molecule is CCCC(=O)OCC(=O)OC(C)(C)C(C)C. The third-order valence-electron chi connectivity index (χ3n) is 2.57. The van der Waals surface area contributed by atoms with Gasteiger partial charge in [0.25, 0.3) is 0 Å². The van der Waals surface area contributed by atoms with Crippen LogP contribution in [0, 0.1) is 5.92 Å². The summed E-state index contributed by atoms with van der Waals surface area (Å²) < 4.78 is 9.97. The molecule has 0 aromatic carbocycles. The molecule has 0 spiro atoms. The Morgan fingerprint density at radius 2 is 1.75 bits per heavy atom. The van der Waals surface area contributed by atoms with E-state index in [0.29, 0.717) is 12.8 Å². The highest BCUT2D eigenvalue weighted by molar-refractivity contribution is 5.76. The van der Waals surface area contributed by atoms with Crippen LogP contribution >= 0.6 is 0 Å². The molecule has 0 heterocycles. The third kappa shape index (κ3) is 5.73. The molecule has 0 radical (unpaired) electrons. The molecule has 0 atom stereocenters. The molecule has 0 aliphatic carbocycles. The van der Waals surface area contributed by atoms with Crippen LogP contribution in [0.3, 0.4) is 0 Å². The van der Waals surface area contributed by atoms with Gasteiger partial charge >= 0.3 is 11.9 Å². The van der Waals surface area contributed by atoms with E-state index in [4.69, 9.17) is 9.47 Å². The number of carbonyl (C=O) groups is 2. The third-order valence-corrected chi connectivity index (χ3v) is 2.57. The van der Waals surface area contributed by atoms with Gasteiger partial charge in [-0.1, -0.05) is 20.8 Å². The topological polar surface area (TPSA) is 52.6 Å². The lowest BCUT2D eigenvalue weighted by Crippen LogP contribution is -2.35. The standard InChI is InChI=1S/C12H22O4/c1-6-7-10(13)15-8-11(14)16-12(4,5)9(2)3/h9H,6-8H2,1-5H3. The lowest BCUT2D eigenvalue weighted by atomic mass is 9.95. The van der Waals surface area contributed by atoms with Crippen LogP contribution in [0.4, 0.5) is 0 Å². The van der Waals surface area contributed by atoms with Crippen LogP contribution in [0.15, 0.2) is 0 Å². The van der Waals surface area contributed by atoms with E-state index in [2.05, 4.69) is 0 Å². The first-order chi connectivity index (χ1) is 7.29. The highest BCUT2D eigenvalue weighted by atomic mass is 16.6. The van der Waals surface area contributed by atoms with Crippen LogP contribution in [0.2, 0.25) is 0 Å². The Morgan fingerprint density at radius 3 is 2.19 bits per heavy atom. The van der Waals surface area contributed by atoms with Gasteiger partial charge < -0.3 is 9.47 Å². The van der Waals surface area contributed by atoms with Crippen molar-refractivity contribution in [3.63, 3.8) is 0 Å². The average Bonchev–Trinajstić information content (AvgIpc) is 2.14. The lowest BCUT2D eigenvalue weighted by molar-refractivity contribution is -0.170. The van der Waals surface area contributed by atoms with Gasteiger partial charge in [0.1, 0.15) is 5.60 Å². The summed E-state index contributed by atoms with van der Waals surface area (Å²) in [5.41, 5.74) is -0.533. The van der Waals surface area contributed by atoms with Crippen molar-refractivity contribution in [1.29, 1.82) is 0 Å². The van der Waals surface area contributed by atoms with E-state index >= 15 is 0 Å². The fraction of sp³-hybridized carbons (Fsp3) is 0.833. The number of carbonyl (C=O) groups excluding carboxylic acids is 2. The summed E-state index contributed by atoms with van der Waals surface area (Å²) in [6, 6.07) is 0. The molecule has 0 bridgehead atoms. The summed E-state index contributed by atoms with van der Waals surface area (Å²) >= 11 is 0. The predicted octanol–water partition coefficient (Wildman–Crippen LogP) is 2.31. The van der Waals surface area contributed by atoms with Crippen LogP contribution in [-0.4, -0.2) is 24.1 Å². The first-order valence-electron chi connectivity index (χ1n) is 5.67. The molecule has 4 heteroatoms. The van der Waals surface area contributed by atoms with Crippen molar-refractivity contribution >= 4 is 11.9 Å². The Hall–Kier alpha value is -1.06. The number of rotatable bonds is 6. The van der Waals surface area contributed by atoms with Crippen LogP contribution in [-0.2, 0) is 19.1 Å². The zero-order valence-corrected chi connectivity index (χ0v) is 10.8. The van der Waals surface area contributed by atoms with Crippen LogP contribution in [0.25, 0.3) is 0 Å². The maximum atomic E-state index is 11.4. The Kier molecular flexibility index (Phi) is 6.08. The quantitative estimate of drug-likeness (QED) is 0.657. The zero-order chi connectivity index (χ0) is 12.8. The largest absolute Gasteiger partial charge is 0.457 e. The molecular formula is C12H22O4. The van der Waals surface area contributed by atoms with Crippen molar-refractivity contribution in [2.75, 3.05) is 6.61 Å². The normalized spacial score (nSPS) is 11.4. The minimum Gasteiger partial charge on any atom is -0.457 e. The second kappa shape index (κ2) is 6.51. The van der Waals surface area contributed by atoms with Gasteiger partial charge in [-0.05, 0) is 26.2 Å². The smallest absolute Gasteiger partial charge is 0.344 e. The van der Waals surface area contributed by atoms with Crippen molar-refractivity contribution in [3.8, 4) is 0 Å².